The van der Waals surface area contributed by atoms with E-state index >= 15 is 0 Å². The molecule has 0 saturated carbocycles. The van der Waals surface area contributed by atoms with E-state index in [1.807, 2.05) is 6.07 Å². The largest absolute Gasteiger partial charge is 0.398 e. The molecular weight excluding hydrogens is 224 g/mol. The van der Waals surface area contributed by atoms with Crippen LogP contribution < -0.4 is 5.73 Å². The average Bonchev–Trinajstić information content (AvgIpc) is 2.34. The van der Waals surface area contributed by atoms with Crippen LogP contribution in [0.5, 0.6) is 0 Å². The Morgan fingerprint density at radius 1 is 1.44 bits per heavy atom. The molecule has 0 aliphatic carbocycles. The summed E-state index contributed by atoms with van der Waals surface area (Å²) in [5.41, 5.74) is 9.48. The van der Waals surface area contributed by atoms with E-state index in [9.17, 15) is 0 Å². The van der Waals surface area contributed by atoms with Crippen molar-refractivity contribution in [3.05, 3.63) is 29.3 Å². The van der Waals surface area contributed by atoms with Crippen molar-refractivity contribution < 1.29 is 4.74 Å². The first-order valence-corrected chi connectivity index (χ1v) is 6.80. The second-order valence-corrected chi connectivity index (χ2v) is 5.34. The molecule has 1 aliphatic heterocycles. The van der Waals surface area contributed by atoms with E-state index in [0.717, 1.165) is 31.8 Å². The Balaban J connectivity index is 2.12. The number of anilines is 1. The molecule has 1 fully saturated rings. The van der Waals surface area contributed by atoms with Crippen molar-refractivity contribution in [3.8, 4) is 0 Å². The Hall–Kier alpha value is -1.06. The minimum atomic E-state index is 0.318. The molecule has 2 unspecified atom stereocenters. The van der Waals surface area contributed by atoms with Crippen LogP contribution in [-0.2, 0) is 11.3 Å². The number of rotatable bonds is 3. The first kappa shape index (κ1) is 13.4. The zero-order chi connectivity index (χ0) is 13.1. The number of aryl methyl sites for hydroxylation is 1. The summed E-state index contributed by atoms with van der Waals surface area (Å²) in [5, 5.41) is 0. The number of hydrogen-bond acceptors (Lipinski definition) is 3. The predicted molar refractivity (Wildman–Crippen MR) is 75.5 cm³/mol. The molecule has 3 nitrogen and oxygen atoms in total. The highest BCUT2D eigenvalue weighted by Gasteiger charge is 2.25. The lowest BCUT2D eigenvalue weighted by atomic mass is 10.1. The Bertz CT molecular complexity index is 405. The minimum absolute atomic E-state index is 0.318. The standard InChI is InChI=1S/C15H24N2O/c1-4-14-10-18-12(3)8-17(14)9-13-7-11(2)5-6-15(13)16/h5-7,12,14H,4,8-10,16H2,1-3H3. The van der Waals surface area contributed by atoms with Gasteiger partial charge in [-0.25, -0.2) is 0 Å². The minimum Gasteiger partial charge on any atom is -0.398 e. The molecule has 18 heavy (non-hydrogen) atoms. The Labute approximate surface area is 110 Å². The Morgan fingerprint density at radius 3 is 2.94 bits per heavy atom. The van der Waals surface area contributed by atoms with Gasteiger partial charge in [0.15, 0.2) is 0 Å². The molecule has 1 heterocycles. The van der Waals surface area contributed by atoms with Crippen molar-refractivity contribution in [2.45, 2.75) is 45.9 Å². The van der Waals surface area contributed by atoms with Gasteiger partial charge >= 0.3 is 0 Å². The third kappa shape index (κ3) is 3.03. The van der Waals surface area contributed by atoms with Gasteiger partial charge in [-0.05, 0) is 31.9 Å². The lowest BCUT2D eigenvalue weighted by Crippen LogP contribution is -2.47. The molecular formula is C15H24N2O. The summed E-state index contributed by atoms with van der Waals surface area (Å²) < 4.78 is 5.73. The third-order valence-corrected chi connectivity index (χ3v) is 3.72. The van der Waals surface area contributed by atoms with Crippen LogP contribution in [0.1, 0.15) is 31.4 Å². The van der Waals surface area contributed by atoms with Gasteiger partial charge in [-0.1, -0.05) is 24.6 Å². The summed E-state index contributed by atoms with van der Waals surface area (Å²) >= 11 is 0. The topological polar surface area (TPSA) is 38.5 Å². The molecule has 100 valence electrons. The number of nitrogen functional groups attached to an aromatic ring is 1. The number of morpholine rings is 1. The van der Waals surface area contributed by atoms with Gasteiger partial charge in [-0.2, -0.15) is 0 Å². The van der Waals surface area contributed by atoms with Gasteiger partial charge in [0, 0.05) is 24.8 Å². The Morgan fingerprint density at radius 2 is 2.22 bits per heavy atom. The van der Waals surface area contributed by atoms with Crippen molar-refractivity contribution in [1.82, 2.24) is 4.90 Å². The highest BCUT2D eigenvalue weighted by Crippen LogP contribution is 2.21. The third-order valence-electron chi connectivity index (χ3n) is 3.72. The number of hydrogen-bond donors (Lipinski definition) is 1. The Kier molecular flexibility index (Phi) is 4.25. The van der Waals surface area contributed by atoms with Crippen LogP contribution in [0.15, 0.2) is 18.2 Å². The fourth-order valence-corrected chi connectivity index (χ4v) is 2.57. The van der Waals surface area contributed by atoms with Crippen molar-refractivity contribution in [1.29, 1.82) is 0 Å². The quantitative estimate of drug-likeness (QED) is 0.836. The van der Waals surface area contributed by atoms with Crippen molar-refractivity contribution in [2.75, 3.05) is 18.9 Å². The van der Waals surface area contributed by atoms with Gasteiger partial charge in [0.25, 0.3) is 0 Å². The summed E-state index contributed by atoms with van der Waals surface area (Å²) in [4.78, 5) is 2.50. The summed E-state index contributed by atoms with van der Waals surface area (Å²) in [6, 6.07) is 6.79. The molecule has 0 spiro atoms. The highest BCUT2D eigenvalue weighted by molar-refractivity contribution is 5.48. The van der Waals surface area contributed by atoms with Crippen LogP contribution in [0.4, 0.5) is 5.69 Å². The van der Waals surface area contributed by atoms with Crippen LogP contribution in [-0.4, -0.2) is 30.2 Å². The SMILES string of the molecule is CCC1COC(C)CN1Cc1cc(C)ccc1N. The molecule has 0 radical (unpaired) electrons. The molecule has 0 bridgehead atoms. The molecule has 1 aromatic carbocycles. The maximum Gasteiger partial charge on any atom is 0.0674 e. The second-order valence-electron chi connectivity index (χ2n) is 5.34. The number of benzene rings is 1. The summed E-state index contributed by atoms with van der Waals surface area (Å²) in [7, 11) is 0. The summed E-state index contributed by atoms with van der Waals surface area (Å²) in [5.74, 6) is 0. The number of nitrogens with zero attached hydrogens (tertiary/aromatic N) is 1. The van der Waals surface area contributed by atoms with Gasteiger partial charge in [0.2, 0.25) is 0 Å². The van der Waals surface area contributed by atoms with Crippen molar-refractivity contribution in [2.24, 2.45) is 0 Å². The molecule has 2 atom stereocenters. The fourth-order valence-electron chi connectivity index (χ4n) is 2.57. The number of nitrogens with two attached hydrogens (primary N) is 1. The van der Waals surface area contributed by atoms with E-state index in [1.54, 1.807) is 0 Å². The van der Waals surface area contributed by atoms with Gasteiger partial charge < -0.3 is 10.5 Å². The lowest BCUT2D eigenvalue weighted by molar-refractivity contribution is -0.0591. The summed E-state index contributed by atoms with van der Waals surface area (Å²) in [6.07, 6.45) is 1.44. The molecule has 2 rings (SSSR count). The lowest BCUT2D eigenvalue weighted by Gasteiger charge is -2.38. The number of ether oxygens (including phenoxy) is 1. The van der Waals surface area contributed by atoms with Crippen LogP contribution in [0.2, 0.25) is 0 Å². The first-order chi connectivity index (χ1) is 8.60. The van der Waals surface area contributed by atoms with Crippen molar-refractivity contribution in [3.63, 3.8) is 0 Å². The molecule has 1 aliphatic rings. The molecule has 0 aromatic heterocycles. The van der Waals surface area contributed by atoms with E-state index in [1.165, 1.54) is 11.1 Å². The average molecular weight is 248 g/mol. The summed E-state index contributed by atoms with van der Waals surface area (Å²) in [6.45, 7) is 9.23. The van der Waals surface area contributed by atoms with Gasteiger partial charge in [0.1, 0.15) is 0 Å². The molecule has 1 saturated heterocycles. The maximum absolute atomic E-state index is 6.07. The van der Waals surface area contributed by atoms with Gasteiger partial charge in [-0.15, -0.1) is 0 Å². The second kappa shape index (κ2) is 5.72. The predicted octanol–water partition coefficient (Wildman–Crippen LogP) is 2.58. The molecule has 1 aromatic rings. The normalized spacial score (nSPS) is 25.3. The van der Waals surface area contributed by atoms with E-state index in [2.05, 4.69) is 37.8 Å². The van der Waals surface area contributed by atoms with E-state index in [4.69, 9.17) is 10.5 Å². The zero-order valence-corrected chi connectivity index (χ0v) is 11.6. The van der Waals surface area contributed by atoms with Gasteiger partial charge in [-0.3, -0.25) is 4.90 Å². The van der Waals surface area contributed by atoms with E-state index < -0.39 is 0 Å². The van der Waals surface area contributed by atoms with Crippen LogP contribution in [0, 0.1) is 6.92 Å². The van der Waals surface area contributed by atoms with Gasteiger partial charge in [0.05, 0.1) is 12.7 Å². The monoisotopic (exact) mass is 248 g/mol. The molecule has 3 heteroatoms. The van der Waals surface area contributed by atoms with E-state index in [0.29, 0.717) is 12.1 Å². The zero-order valence-electron chi connectivity index (χ0n) is 11.6. The fraction of sp³-hybridized carbons (Fsp3) is 0.600. The van der Waals surface area contributed by atoms with Crippen LogP contribution >= 0.6 is 0 Å². The van der Waals surface area contributed by atoms with Crippen LogP contribution in [0.3, 0.4) is 0 Å². The van der Waals surface area contributed by atoms with E-state index in [-0.39, 0.29) is 0 Å². The molecule has 0 amide bonds. The molecule has 2 N–H and O–H groups in total. The van der Waals surface area contributed by atoms with Crippen LogP contribution in [0.25, 0.3) is 0 Å². The highest BCUT2D eigenvalue weighted by atomic mass is 16.5. The van der Waals surface area contributed by atoms with Crippen molar-refractivity contribution >= 4 is 5.69 Å². The smallest absolute Gasteiger partial charge is 0.0674 e. The first-order valence-electron chi connectivity index (χ1n) is 6.80. The maximum atomic E-state index is 6.07.